The highest BCUT2D eigenvalue weighted by Crippen LogP contribution is 2.36. The maximum atomic E-state index is 5.46. The van der Waals surface area contributed by atoms with Gasteiger partial charge in [0.25, 0.3) is 0 Å². The van der Waals surface area contributed by atoms with E-state index in [-0.39, 0.29) is 0 Å². The number of thioether (sulfide) groups is 1. The summed E-state index contributed by atoms with van der Waals surface area (Å²) < 4.78 is 5.46. The van der Waals surface area contributed by atoms with E-state index in [0.717, 1.165) is 32.7 Å². The summed E-state index contributed by atoms with van der Waals surface area (Å²) in [6.45, 7) is 7.24. The maximum Gasteiger partial charge on any atom is 0.0591 e. The van der Waals surface area contributed by atoms with Crippen LogP contribution in [0, 0.1) is 0 Å². The van der Waals surface area contributed by atoms with E-state index in [2.05, 4.69) is 36.2 Å². The molecule has 0 radical (unpaired) electrons. The van der Waals surface area contributed by atoms with Crippen LogP contribution in [-0.4, -0.2) is 31.6 Å². The summed E-state index contributed by atoms with van der Waals surface area (Å²) in [6.07, 6.45) is 4.01. The van der Waals surface area contributed by atoms with Gasteiger partial charge >= 0.3 is 0 Å². The van der Waals surface area contributed by atoms with Crippen LogP contribution in [0.3, 0.4) is 0 Å². The monoisotopic (exact) mass is 263 g/mol. The Hall–Kier alpha value is -0.770. The van der Waals surface area contributed by atoms with Gasteiger partial charge in [0.05, 0.1) is 13.2 Å². The molecule has 0 saturated heterocycles. The van der Waals surface area contributed by atoms with Gasteiger partial charge in [-0.05, 0) is 24.5 Å². The lowest BCUT2D eigenvalue weighted by molar-refractivity contribution is 0.140. The van der Waals surface area contributed by atoms with Crippen molar-refractivity contribution in [3.05, 3.63) is 42.5 Å². The second-order valence-corrected chi connectivity index (χ2v) is 5.79. The highest BCUT2D eigenvalue weighted by atomic mass is 32.2. The highest BCUT2D eigenvalue weighted by molar-refractivity contribution is 8.00. The molecule has 0 spiro atoms. The molecule has 98 valence electrons. The number of hydrogen-bond donors (Lipinski definition) is 1. The average molecular weight is 263 g/mol. The number of ether oxygens (including phenoxy) is 1. The van der Waals surface area contributed by atoms with E-state index in [1.54, 1.807) is 0 Å². The lowest BCUT2D eigenvalue weighted by Crippen LogP contribution is -2.27. The van der Waals surface area contributed by atoms with Crippen molar-refractivity contribution in [2.24, 2.45) is 0 Å². The molecule has 0 saturated carbocycles. The zero-order valence-corrected chi connectivity index (χ0v) is 11.5. The number of rotatable bonds is 8. The van der Waals surface area contributed by atoms with Crippen LogP contribution in [0.15, 0.2) is 41.8 Å². The Morgan fingerprint density at radius 1 is 1.39 bits per heavy atom. The van der Waals surface area contributed by atoms with E-state index in [4.69, 9.17) is 4.74 Å². The summed E-state index contributed by atoms with van der Waals surface area (Å²) in [4.78, 5) is 1.45. The first-order valence-electron chi connectivity index (χ1n) is 6.54. The fourth-order valence-electron chi connectivity index (χ4n) is 2.04. The molecule has 0 aliphatic carbocycles. The van der Waals surface area contributed by atoms with Gasteiger partial charge in [-0.2, -0.15) is 0 Å². The Bertz CT molecular complexity index is 356. The Kier molecular flexibility index (Phi) is 5.78. The topological polar surface area (TPSA) is 21.3 Å². The molecule has 1 atom stereocenters. The Labute approximate surface area is 114 Å². The lowest BCUT2D eigenvalue weighted by Gasteiger charge is -2.10. The van der Waals surface area contributed by atoms with Gasteiger partial charge in [0.2, 0.25) is 0 Å². The van der Waals surface area contributed by atoms with Crippen molar-refractivity contribution in [2.45, 2.75) is 23.0 Å². The molecule has 1 aromatic rings. The molecular formula is C15H21NOS. The molecule has 1 N–H and O–H groups in total. The van der Waals surface area contributed by atoms with Crippen LogP contribution in [0.4, 0.5) is 0 Å². The smallest absolute Gasteiger partial charge is 0.0591 e. The van der Waals surface area contributed by atoms with Gasteiger partial charge in [-0.25, -0.2) is 0 Å². The third-order valence-corrected chi connectivity index (χ3v) is 4.29. The first-order valence-corrected chi connectivity index (χ1v) is 7.42. The van der Waals surface area contributed by atoms with E-state index in [9.17, 15) is 0 Å². The van der Waals surface area contributed by atoms with Crippen molar-refractivity contribution in [1.82, 2.24) is 5.32 Å². The summed E-state index contributed by atoms with van der Waals surface area (Å²) in [6, 6.07) is 8.71. The van der Waals surface area contributed by atoms with Crippen molar-refractivity contribution < 1.29 is 4.74 Å². The van der Waals surface area contributed by atoms with Crippen LogP contribution in [0.1, 0.15) is 12.0 Å². The molecule has 1 aliphatic heterocycles. The van der Waals surface area contributed by atoms with Crippen LogP contribution < -0.4 is 5.32 Å². The van der Waals surface area contributed by atoms with Gasteiger partial charge in [0.1, 0.15) is 0 Å². The molecule has 2 rings (SSSR count). The maximum absolute atomic E-state index is 5.46. The first-order chi connectivity index (χ1) is 8.90. The minimum absolute atomic E-state index is 0.676. The Morgan fingerprint density at radius 3 is 3.11 bits per heavy atom. The van der Waals surface area contributed by atoms with Gasteiger partial charge in [0.15, 0.2) is 0 Å². The van der Waals surface area contributed by atoms with Crippen molar-refractivity contribution in [3.63, 3.8) is 0 Å². The van der Waals surface area contributed by atoms with Crippen LogP contribution in [-0.2, 0) is 11.2 Å². The van der Waals surface area contributed by atoms with Gasteiger partial charge in [-0.3, -0.25) is 0 Å². The summed E-state index contributed by atoms with van der Waals surface area (Å²) in [7, 11) is 0. The van der Waals surface area contributed by atoms with Crippen molar-refractivity contribution in [1.29, 1.82) is 0 Å². The number of benzene rings is 1. The predicted octanol–water partition coefficient (Wildman–Crippen LogP) is 2.89. The van der Waals surface area contributed by atoms with Gasteiger partial charge in [-0.15, -0.1) is 18.3 Å². The molecule has 0 aromatic heterocycles. The minimum atomic E-state index is 0.676. The van der Waals surface area contributed by atoms with Crippen LogP contribution in [0.2, 0.25) is 0 Å². The normalized spacial score (nSPS) is 17.7. The molecule has 0 amide bonds. The second kappa shape index (κ2) is 7.62. The summed E-state index contributed by atoms with van der Waals surface area (Å²) in [5.74, 6) is 0. The third kappa shape index (κ3) is 4.16. The molecule has 0 fully saturated rings. The molecule has 0 bridgehead atoms. The van der Waals surface area contributed by atoms with E-state index in [1.165, 1.54) is 16.9 Å². The van der Waals surface area contributed by atoms with Gasteiger partial charge in [0, 0.05) is 23.2 Å². The van der Waals surface area contributed by atoms with Crippen LogP contribution in [0.25, 0.3) is 0 Å². The van der Waals surface area contributed by atoms with Crippen LogP contribution in [0.5, 0.6) is 0 Å². The zero-order chi connectivity index (χ0) is 12.6. The van der Waals surface area contributed by atoms with Crippen LogP contribution >= 0.6 is 11.8 Å². The molecule has 1 aromatic carbocycles. The minimum Gasteiger partial charge on any atom is -0.380 e. The first kappa shape index (κ1) is 13.7. The quantitative estimate of drug-likeness (QED) is 0.575. The standard InChI is InChI=1S/C15H21NOS/c1-2-3-9-17-10-8-16-12-14-11-13-6-4-5-7-15(13)18-14/h2,4-7,14,16H,1,3,8-12H2. The van der Waals surface area contributed by atoms with E-state index >= 15 is 0 Å². The number of nitrogens with one attached hydrogen (secondary N) is 1. The number of fused-ring (bicyclic) bond motifs is 1. The van der Waals surface area contributed by atoms with E-state index < -0.39 is 0 Å². The van der Waals surface area contributed by atoms with Gasteiger partial charge in [-0.1, -0.05) is 24.3 Å². The summed E-state index contributed by atoms with van der Waals surface area (Å²) >= 11 is 1.99. The molecule has 3 heteroatoms. The lowest BCUT2D eigenvalue weighted by atomic mass is 10.1. The predicted molar refractivity (Wildman–Crippen MR) is 78.3 cm³/mol. The Balaban J connectivity index is 1.55. The molecular weight excluding hydrogens is 242 g/mol. The molecule has 2 nitrogen and oxygen atoms in total. The van der Waals surface area contributed by atoms with Gasteiger partial charge < -0.3 is 10.1 Å². The third-order valence-electron chi connectivity index (χ3n) is 2.98. The summed E-state index contributed by atoms with van der Waals surface area (Å²) in [5.41, 5.74) is 1.50. The fourth-order valence-corrected chi connectivity index (χ4v) is 3.33. The molecule has 1 heterocycles. The SMILES string of the molecule is C=CCCOCCNCC1Cc2ccccc2S1. The second-order valence-electron chi connectivity index (χ2n) is 4.45. The number of hydrogen-bond acceptors (Lipinski definition) is 3. The van der Waals surface area contributed by atoms with Crippen molar-refractivity contribution in [2.75, 3.05) is 26.3 Å². The molecule has 1 unspecified atom stereocenters. The van der Waals surface area contributed by atoms with E-state index in [1.807, 2.05) is 17.8 Å². The fraction of sp³-hybridized carbons (Fsp3) is 0.467. The zero-order valence-electron chi connectivity index (χ0n) is 10.7. The highest BCUT2D eigenvalue weighted by Gasteiger charge is 2.20. The summed E-state index contributed by atoms with van der Waals surface area (Å²) in [5, 5.41) is 4.14. The van der Waals surface area contributed by atoms with Crippen molar-refractivity contribution in [3.8, 4) is 0 Å². The largest absolute Gasteiger partial charge is 0.380 e. The van der Waals surface area contributed by atoms with Crippen molar-refractivity contribution >= 4 is 11.8 Å². The van der Waals surface area contributed by atoms with E-state index in [0.29, 0.717) is 5.25 Å². The molecule has 1 aliphatic rings. The average Bonchev–Trinajstić information content (AvgIpc) is 2.80. The Morgan fingerprint density at radius 2 is 2.28 bits per heavy atom. The molecule has 18 heavy (non-hydrogen) atoms.